The summed E-state index contributed by atoms with van der Waals surface area (Å²) in [5.41, 5.74) is 0. The predicted molar refractivity (Wildman–Crippen MR) is 77.1 cm³/mol. The van der Waals surface area contributed by atoms with E-state index in [0.717, 1.165) is 6.04 Å². The van der Waals surface area contributed by atoms with Crippen molar-refractivity contribution in [2.45, 2.75) is 25.3 Å². The molecule has 2 saturated heterocycles. The molecular formula is C14H30N4. The number of likely N-dealkylation sites (N-methyl/N-ethyl adjacent to an activating group) is 2. The Hall–Kier alpha value is -0.160. The summed E-state index contributed by atoms with van der Waals surface area (Å²) in [6, 6.07) is 0.733. The highest BCUT2D eigenvalue weighted by Gasteiger charge is 2.16. The zero-order chi connectivity index (χ0) is 12.8. The highest BCUT2D eigenvalue weighted by Crippen LogP contribution is 2.08. The zero-order valence-corrected chi connectivity index (χ0v) is 12.2. The van der Waals surface area contributed by atoms with Gasteiger partial charge in [0.1, 0.15) is 0 Å². The summed E-state index contributed by atoms with van der Waals surface area (Å²) in [5, 5.41) is 3.63. The molecule has 2 aliphatic rings. The molecule has 4 nitrogen and oxygen atoms in total. The Kier molecular flexibility index (Phi) is 5.89. The summed E-state index contributed by atoms with van der Waals surface area (Å²) >= 11 is 0. The Morgan fingerprint density at radius 1 is 1.17 bits per heavy atom. The van der Waals surface area contributed by atoms with Crippen LogP contribution >= 0.6 is 0 Å². The lowest BCUT2D eigenvalue weighted by molar-refractivity contribution is 0.137. The van der Waals surface area contributed by atoms with Gasteiger partial charge < -0.3 is 15.1 Å². The van der Waals surface area contributed by atoms with Gasteiger partial charge in [-0.3, -0.25) is 4.90 Å². The maximum atomic E-state index is 3.63. The minimum atomic E-state index is 0.733. The summed E-state index contributed by atoms with van der Waals surface area (Å²) in [4.78, 5) is 7.53. The Labute approximate surface area is 112 Å². The Morgan fingerprint density at radius 3 is 2.61 bits per heavy atom. The van der Waals surface area contributed by atoms with E-state index in [1.54, 1.807) is 0 Å². The summed E-state index contributed by atoms with van der Waals surface area (Å²) in [6.07, 6.45) is 4.13. The van der Waals surface area contributed by atoms with E-state index in [1.165, 1.54) is 71.6 Å². The molecule has 18 heavy (non-hydrogen) atoms. The van der Waals surface area contributed by atoms with Crippen LogP contribution in [0.25, 0.3) is 0 Å². The first-order valence-corrected chi connectivity index (χ1v) is 7.57. The SMILES string of the molecule is CN1CCN(CCN(C)CC2CCCCN2)CC1. The smallest absolute Gasteiger partial charge is 0.0194 e. The summed E-state index contributed by atoms with van der Waals surface area (Å²) in [5.74, 6) is 0. The van der Waals surface area contributed by atoms with Crippen LogP contribution in [0.15, 0.2) is 0 Å². The standard InChI is InChI=1S/C14H30N4/c1-16-7-10-18(11-8-16)12-9-17(2)13-14-5-3-4-6-15-14/h14-15H,3-13H2,1-2H3. The first-order chi connectivity index (χ1) is 8.74. The molecule has 106 valence electrons. The third kappa shape index (κ3) is 4.84. The fraction of sp³-hybridized carbons (Fsp3) is 1.00. The van der Waals surface area contributed by atoms with Crippen LogP contribution in [0.3, 0.4) is 0 Å². The van der Waals surface area contributed by atoms with Gasteiger partial charge in [-0.1, -0.05) is 6.42 Å². The van der Waals surface area contributed by atoms with Crippen molar-refractivity contribution < 1.29 is 0 Å². The predicted octanol–water partition coefficient (Wildman–Crippen LogP) is 0.308. The molecule has 0 radical (unpaired) electrons. The minimum absolute atomic E-state index is 0.733. The second kappa shape index (κ2) is 7.43. The third-order valence-electron chi connectivity index (χ3n) is 4.34. The Bertz CT molecular complexity index is 220. The summed E-state index contributed by atoms with van der Waals surface area (Å²) < 4.78 is 0. The molecule has 1 unspecified atom stereocenters. The average molecular weight is 254 g/mol. The van der Waals surface area contributed by atoms with E-state index < -0.39 is 0 Å². The lowest BCUT2D eigenvalue weighted by Gasteiger charge is -2.34. The van der Waals surface area contributed by atoms with Crippen molar-refractivity contribution in [3.05, 3.63) is 0 Å². The summed E-state index contributed by atoms with van der Waals surface area (Å²) in [7, 11) is 4.49. The molecule has 2 heterocycles. The molecule has 0 aromatic rings. The number of hydrogen-bond donors (Lipinski definition) is 1. The fourth-order valence-corrected chi connectivity index (χ4v) is 2.93. The molecule has 0 spiro atoms. The first-order valence-electron chi connectivity index (χ1n) is 7.57. The van der Waals surface area contributed by atoms with Crippen molar-refractivity contribution in [3.8, 4) is 0 Å². The number of piperidine rings is 1. The number of hydrogen-bond acceptors (Lipinski definition) is 4. The van der Waals surface area contributed by atoms with Gasteiger partial charge in [0.15, 0.2) is 0 Å². The highest BCUT2D eigenvalue weighted by atomic mass is 15.3. The van der Waals surface area contributed by atoms with Crippen LogP contribution in [0.1, 0.15) is 19.3 Å². The molecule has 0 aromatic carbocycles. The minimum Gasteiger partial charge on any atom is -0.313 e. The van der Waals surface area contributed by atoms with E-state index >= 15 is 0 Å². The van der Waals surface area contributed by atoms with Crippen LogP contribution in [0.5, 0.6) is 0 Å². The van der Waals surface area contributed by atoms with Crippen LogP contribution in [0.2, 0.25) is 0 Å². The van der Waals surface area contributed by atoms with Gasteiger partial charge in [-0.05, 0) is 33.5 Å². The largest absolute Gasteiger partial charge is 0.313 e. The van der Waals surface area contributed by atoms with Crippen LogP contribution in [0.4, 0.5) is 0 Å². The maximum absolute atomic E-state index is 3.63. The molecule has 2 rings (SSSR count). The van der Waals surface area contributed by atoms with Crippen LogP contribution < -0.4 is 5.32 Å². The van der Waals surface area contributed by atoms with Crippen LogP contribution in [0, 0.1) is 0 Å². The van der Waals surface area contributed by atoms with Gasteiger partial charge in [0.05, 0.1) is 0 Å². The third-order valence-corrected chi connectivity index (χ3v) is 4.34. The van der Waals surface area contributed by atoms with Crippen molar-refractivity contribution in [1.82, 2.24) is 20.0 Å². The van der Waals surface area contributed by atoms with Gasteiger partial charge >= 0.3 is 0 Å². The second-order valence-electron chi connectivity index (χ2n) is 6.05. The van der Waals surface area contributed by atoms with Crippen molar-refractivity contribution in [2.75, 3.05) is 66.5 Å². The fourth-order valence-electron chi connectivity index (χ4n) is 2.93. The topological polar surface area (TPSA) is 21.8 Å². The van der Waals surface area contributed by atoms with E-state index in [2.05, 4.69) is 34.1 Å². The Morgan fingerprint density at radius 2 is 1.94 bits per heavy atom. The van der Waals surface area contributed by atoms with Gasteiger partial charge in [0, 0.05) is 51.9 Å². The lowest BCUT2D eigenvalue weighted by atomic mass is 10.0. The average Bonchev–Trinajstić information content (AvgIpc) is 2.39. The molecule has 2 fully saturated rings. The first kappa shape index (κ1) is 14.3. The second-order valence-corrected chi connectivity index (χ2v) is 6.05. The normalized spacial score (nSPS) is 27.8. The molecule has 2 aliphatic heterocycles. The molecule has 0 aromatic heterocycles. The van der Waals surface area contributed by atoms with Crippen molar-refractivity contribution in [1.29, 1.82) is 0 Å². The molecule has 0 bridgehead atoms. The molecule has 0 amide bonds. The number of piperazine rings is 1. The van der Waals surface area contributed by atoms with Gasteiger partial charge in [0.25, 0.3) is 0 Å². The molecule has 0 saturated carbocycles. The van der Waals surface area contributed by atoms with Gasteiger partial charge in [0.2, 0.25) is 0 Å². The van der Waals surface area contributed by atoms with Crippen molar-refractivity contribution in [2.24, 2.45) is 0 Å². The van der Waals surface area contributed by atoms with Crippen LogP contribution in [-0.4, -0.2) is 87.2 Å². The summed E-state index contributed by atoms with van der Waals surface area (Å²) in [6.45, 7) is 9.82. The van der Waals surface area contributed by atoms with Crippen molar-refractivity contribution in [3.63, 3.8) is 0 Å². The van der Waals surface area contributed by atoms with Gasteiger partial charge in [-0.15, -0.1) is 0 Å². The van der Waals surface area contributed by atoms with E-state index in [-0.39, 0.29) is 0 Å². The van der Waals surface area contributed by atoms with Crippen molar-refractivity contribution >= 4 is 0 Å². The zero-order valence-electron chi connectivity index (χ0n) is 12.2. The van der Waals surface area contributed by atoms with Gasteiger partial charge in [-0.2, -0.15) is 0 Å². The molecule has 0 aliphatic carbocycles. The number of nitrogens with zero attached hydrogens (tertiary/aromatic N) is 3. The maximum Gasteiger partial charge on any atom is 0.0194 e. The highest BCUT2D eigenvalue weighted by molar-refractivity contribution is 4.76. The van der Waals surface area contributed by atoms with Crippen LogP contribution in [-0.2, 0) is 0 Å². The molecule has 1 atom stereocenters. The molecule has 4 heteroatoms. The molecular weight excluding hydrogens is 224 g/mol. The Balaban J connectivity index is 1.57. The van der Waals surface area contributed by atoms with E-state index in [9.17, 15) is 0 Å². The van der Waals surface area contributed by atoms with E-state index in [0.29, 0.717) is 0 Å². The van der Waals surface area contributed by atoms with E-state index in [1.807, 2.05) is 0 Å². The quantitative estimate of drug-likeness (QED) is 0.762. The number of nitrogens with one attached hydrogen (secondary N) is 1. The lowest BCUT2D eigenvalue weighted by Crippen LogP contribution is -2.48. The number of rotatable bonds is 5. The van der Waals surface area contributed by atoms with E-state index in [4.69, 9.17) is 0 Å². The monoisotopic (exact) mass is 254 g/mol. The molecule has 1 N–H and O–H groups in total. The van der Waals surface area contributed by atoms with Gasteiger partial charge in [-0.25, -0.2) is 0 Å².